The third-order valence-corrected chi connectivity index (χ3v) is 3.95. The lowest BCUT2D eigenvalue weighted by molar-refractivity contribution is -0.137. The Labute approximate surface area is 156 Å². The van der Waals surface area contributed by atoms with Gasteiger partial charge in [-0.1, -0.05) is 6.07 Å². The quantitative estimate of drug-likeness (QED) is 0.556. The van der Waals surface area contributed by atoms with Crippen molar-refractivity contribution in [3.05, 3.63) is 66.7 Å². The zero-order valence-corrected chi connectivity index (χ0v) is 14.1. The van der Waals surface area contributed by atoms with E-state index in [1.807, 2.05) is 0 Å². The summed E-state index contributed by atoms with van der Waals surface area (Å²) in [4.78, 5) is 16.2. The van der Waals surface area contributed by atoms with Crippen LogP contribution in [0.1, 0.15) is 5.56 Å². The van der Waals surface area contributed by atoms with Crippen LogP contribution in [0, 0.1) is 0 Å². The van der Waals surface area contributed by atoms with E-state index in [4.69, 9.17) is 4.74 Å². The molecule has 0 fully saturated rings. The number of alkyl halides is 3. The molecule has 28 heavy (non-hydrogen) atoms. The molecule has 0 atom stereocenters. The van der Waals surface area contributed by atoms with E-state index in [1.165, 1.54) is 30.9 Å². The van der Waals surface area contributed by atoms with Gasteiger partial charge in [-0.25, -0.2) is 19.9 Å². The number of benzene rings is 2. The van der Waals surface area contributed by atoms with Gasteiger partial charge in [0.15, 0.2) is 0 Å². The van der Waals surface area contributed by atoms with Gasteiger partial charge in [0.25, 0.3) is 0 Å². The molecular weight excluding hydrogens is 373 g/mol. The van der Waals surface area contributed by atoms with Crippen LogP contribution >= 0.6 is 0 Å². The molecule has 0 aliphatic carbocycles. The predicted octanol–water partition coefficient (Wildman–Crippen LogP) is 4.60. The summed E-state index contributed by atoms with van der Waals surface area (Å²) in [5.74, 6) is 0.173. The molecule has 4 rings (SSSR count). The highest BCUT2D eigenvalue weighted by Gasteiger charge is 2.30. The molecule has 9 heteroatoms. The summed E-state index contributed by atoms with van der Waals surface area (Å²) in [7, 11) is 0. The molecule has 4 aromatic rings. The van der Waals surface area contributed by atoms with Gasteiger partial charge >= 0.3 is 6.18 Å². The molecule has 2 heterocycles. The van der Waals surface area contributed by atoms with Crippen LogP contribution in [0.4, 0.5) is 13.2 Å². The van der Waals surface area contributed by atoms with Crippen LogP contribution in [-0.4, -0.2) is 25.0 Å². The van der Waals surface area contributed by atoms with Crippen LogP contribution < -0.4 is 4.74 Å². The Morgan fingerprint density at radius 2 is 1.61 bits per heavy atom. The van der Waals surface area contributed by atoms with E-state index in [1.54, 1.807) is 18.2 Å². The second-order valence-electron chi connectivity index (χ2n) is 5.76. The average molecular weight is 384 g/mol. The molecule has 1 N–H and O–H groups in total. The van der Waals surface area contributed by atoms with Crippen molar-refractivity contribution in [2.75, 3.05) is 0 Å². The van der Waals surface area contributed by atoms with Crippen molar-refractivity contribution in [2.45, 2.75) is 6.18 Å². The Morgan fingerprint density at radius 1 is 0.857 bits per heavy atom. The van der Waals surface area contributed by atoms with E-state index >= 15 is 0 Å². The fourth-order valence-corrected chi connectivity index (χ4v) is 2.61. The van der Waals surface area contributed by atoms with Gasteiger partial charge in [-0.3, -0.25) is 0 Å². The minimum atomic E-state index is -4.42. The lowest BCUT2D eigenvalue weighted by Crippen LogP contribution is -2.04. The van der Waals surface area contributed by atoms with E-state index in [0.717, 1.165) is 12.1 Å². The van der Waals surface area contributed by atoms with E-state index in [9.17, 15) is 18.3 Å². The summed E-state index contributed by atoms with van der Waals surface area (Å²) in [6, 6.07) is 9.30. The number of halogens is 3. The third-order valence-electron chi connectivity index (χ3n) is 3.95. The van der Waals surface area contributed by atoms with E-state index in [-0.39, 0.29) is 17.5 Å². The van der Waals surface area contributed by atoms with Crippen molar-refractivity contribution in [2.24, 2.45) is 0 Å². The molecule has 0 aliphatic heterocycles. The van der Waals surface area contributed by atoms with E-state index < -0.39 is 11.7 Å². The molecule has 0 amide bonds. The highest BCUT2D eigenvalue weighted by atomic mass is 19.4. The number of aromatic hydroxyl groups is 1. The Balaban J connectivity index is 1.69. The molecule has 140 valence electrons. The second-order valence-corrected chi connectivity index (χ2v) is 5.76. The van der Waals surface area contributed by atoms with Crippen molar-refractivity contribution in [3.63, 3.8) is 0 Å². The minimum Gasteiger partial charge on any atom is -0.493 e. The first-order valence-corrected chi connectivity index (χ1v) is 8.02. The van der Waals surface area contributed by atoms with Gasteiger partial charge in [0, 0.05) is 18.0 Å². The lowest BCUT2D eigenvalue weighted by atomic mass is 10.1. The zero-order chi connectivity index (χ0) is 19.7. The molecule has 0 bridgehead atoms. The molecule has 0 aliphatic rings. The van der Waals surface area contributed by atoms with Crippen molar-refractivity contribution < 1.29 is 23.0 Å². The second kappa shape index (κ2) is 6.76. The number of nitrogens with zero attached hydrogens (tertiary/aromatic N) is 4. The molecule has 2 aromatic heterocycles. The van der Waals surface area contributed by atoms with Crippen molar-refractivity contribution >= 4 is 10.9 Å². The van der Waals surface area contributed by atoms with Gasteiger partial charge in [-0.2, -0.15) is 13.2 Å². The summed E-state index contributed by atoms with van der Waals surface area (Å²) >= 11 is 0. The predicted molar refractivity (Wildman–Crippen MR) is 93.7 cm³/mol. The molecule has 0 spiro atoms. The smallest absolute Gasteiger partial charge is 0.416 e. The Kier molecular flexibility index (Phi) is 4.26. The van der Waals surface area contributed by atoms with E-state index in [2.05, 4.69) is 19.9 Å². The number of rotatable bonds is 3. The maximum Gasteiger partial charge on any atom is 0.416 e. The minimum absolute atomic E-state index is 0.125. The van der Waals surface area contributed by atoms with Gasteiger partial charge < -0.3 is 9.84 Å². The van der Waals surface area contributed by atoms with Gasteiger partial charge in [0.1, 0.15) is 17.8 Å². The summed E-state index contributed by atoms with van der Waals surface area (Å²) in [5, 5.41) is 10.3. The average Bonchev–Trinajstić information content (AvgIpc) is 2.68. The summed E-state index contributed by atoms with van der Waals surface area (Å²) in [6.07, 6.45) is -0.305. The highest BCUT2D eigenvalue weighted by Crippen LogP contribution is 2.34. The number of hydrogen-bond donors (Lipinski definition) is 1. The number of fused-ring (bicyclic) bond motifs is 1. The van der Waals surface area contributed by atoms with Gasteiger partial charge in [-0.05, 0) is 36.4 Å². The summed E-state index contributed by atoms with van der Waals surface area (Å²) < 4.78 is 43.7. The largest absolute Gasteiger partial charge is 0.493 e. The fourth-order valence-electron chi connectivity index (χ4n) is 2.61. The molecule has 0 saturated carbocycles. The Hall–Kier alpha value is -3.75. The third kappa shape index (κ3) is 3.41. The van der Waals surface area contributed by atoms with Crippen molar-refractivity contribution in [1.82, 2.24) is 19.9 Å². The normalized spacial score (nSPS) is 11.5. The van der Waals surface area contributed by atoms with Gasteiger partial charge in [0.2, 0.25) is 11.8 Å². The highest BCUT2D eigenvalue weighted by molar-refractivity contribution is 5.87. The Bertz CT molecular complexity index is 1150. The topological polar surface area (TPSA) is 81.0 Å². The van der Waals surface area contributed by atoms with Gasteiger partial charge in [-0.15, -0.1) is 0 Å². The lowest BCUT2D eigenvalue weighted by Gasteiger charge is -2.11. The number of hydrogen-bond acceptors (Lipinski definition) is 6. The first-order valence-electron chi connectivity index (χ1n) is 8.02. The van der Waals surface area contributed by atoms with Crippen molar-refractivity contribution in [3.8, 4) is 28.8 Å². The summed E-state index contributed by atoms with van der Waals surface area (Å²) in [6.45, 7) is 0. The van der Waals surface area contributed by atoms with Crippen molar-refractivity contribution in [1.29, 1.82) is 0 Å². The van der Waals surface area contributed by atoms with E-state index in [0.29, 0.717) is 22.2 Å². The monoisotopic (exact) mass is 384 g/mol. The Morgan fingerprint density at radius 3 is 2.36 bits per heavy atom. The first kappa shape index (κ1) is 17.7. The zero-order valence-electron chi connectivity index (χ0n) is 14.1. The molecule has 0 radical (unpaired) electrons. The van der Waals surface area contributed by atoms with Crippen LogP contribution in [0.2, 0.25) is 0 Å². The molecular formula is C19H11F3N4O2. The number of ether oxygens (including phenoxy) is 1. The molecule has 2 aromatic carbocycles. The van der Waals surface area contributed by atoms with Crippen LogP contribution in [0.3, 0.4) is 0 Å². The number of aromatic nitrogens is 4. The SMILES string of the molecule is Oc1ncnc2cc(-c3nccnc3Oc3ccc(C(F)(F)F)cc3)ccc12. The molecule has 0 unspecified atom stereocenters. The van der Waals surface area contributed by atoms with Gasteiger partial charge in [0.05, 0.1) is 16.5 Å². The standard InChI is InChI=1S/C19H11F3N4O2/c20-19(21,22)12-2-4-13(5-3-12)28-18-16(23-7-8-24-18)11-1-6-14-15(9-11)25-10-26-17(14)27/h1-10H,(H,25,26,27). The first-order chi connectivity index (χ1) is 13.4. The maximum absolute atomic E-state index is 12.7. The summed E-state index contributed by atoms with van der Waals surface area (Å²) in [5.41, 5.74) is 0.715. The van der Waals surface area contributed by atoms with Crippen LogP contribution in [-0.2, 0) is 6.18 Å². The molecule has 6 nitrogen and oxygen atoms in total. The van der Waals surface area contributed by atoms with Crippen LogP contribution in [0.5, 0.6) is 17.5 Å². The molecule has 0 saturated heterocycles. The maximum atomic E-state index is 12.7. The van der Waals surface area contributed by atoms with Crippen LogP contribution in [0.15, 0.2) is 61.2 Å². The van der Waals surface area contributed by atoms with Crippen LogP contribution in [0.25, 0.3) is 22.2 Å². The fraction of sp³-hybridized carbons (Fsp3) is 0.0526.